The number of allylic oxidation sites excluding steroid dienone is 1. The molecule has 3 rings (SSSR count). The third-order valence-electron chi connectivity index (χ3n) is 4.58. The maximum Gasteiger partial charge on any atom is 0.416 e. The third kappa shape index (κ3) is 4.53. The van der Waals surface area contributed by atoms with Crippen LogP contribution in [0.5, 0.6) is 0 Å². The number of rotatable bonds is 6. The van der Waals surface area contributed by atoms with E-state index in [0.717, 1.165) is 43.5 Å². The standard InChI is InChI=1S/C20H20F3NO2S/c21-20(22,23)17-10-12-19(13-11-17)27(25,26)24(18-8-2-1-3-9-18)15-14-16-6-4-5-7-16/h1-3,6,8-13H,4-5,7,14-15H2. The van der Waals surface area contributed by atoms with Crippen LogP contribution in [0.25, 0.3) is 0 Å². The van der Waals surface area contributed by atoms with Gasteiger partial charge in [-0.1, -0.05) is 29.8 Å². The van der Waals surface area contributed by atoms with Crippen LogP contribution in [0.1, 0.15) is 31.2 Å². The van der Waals surface area contributed by atoms with E-state index in [9.17, 15) is 21.6 Å². The Labute approximate surface area is 157 Å². The van der Waals surface area contributed by atoms with E-state index < -0.39 is 21.8 Å². The Hall–Kier alpha value is -2.28. The van der Waals surface area contributed by atoms with Crippen LogP contribution in [-0.4, -0.2) is 15.0 Å². The fourth-order valence-corrected chi connectivity index (χ4v) is 4.60. The van der Waals surface area contributed by atoms with Gasteiger partial charge in [-0.15, -0.1) is 0 Å². The maximum absolute atomic E-state index is 13.1. The first-order valence-corrected chi connectivity index (χ1v) is 10.2. The Kier molecular flexibility index (Phi) is 5.60. The van der Waals surface area contributed by atoms with E-state index in [1.54, 1.807) is 30.3 Å². The van der Waals surface area contributed by atoms with Gasteiger partial charge in [-0.05, 0) is 62.1 Å². The average Bonchev–Trinajstić information content (AvgIpc) is 3.15. The Morgan fingerprint density at radius 2 is 1.63 bits per heavy atom. The first-order chi connectivity index (χ1) is 12.8. The lowest BCUT2D eigenvalue weighted by atomic mass is 10.1. The molecule has 0 unspecified atom stereocenters. The Morgan fingerprint density at radius 3 is 2.19 bits per heavy atom. The first kappa shape index (κ1) is 19.5. The number of sulfonamides is 1. The Morgan fingerprint density at radius 1 is 0.963 bits per heavy atom. The SMILES string of the molecule is O=S(=O)(c1ccc(C(F)(F)F)cc1)N(CCC1=CCCC1)c1ccccc1. The maximum atomic E-state index is 13.1. The number of para-hydroxylation sites is 1. The van der Waals surface area contributed by atoms with Crippen LogP contribution in [0.4, 0.5) is 18.9 Å². The predicted molar refractivity (Wildman–Crippen MR) is 99.0 cm³/mol. The highest BCUT2D eigenvalue weighted by Gasteiger charge is 2.31. The van der Waals surface area contributed by atoms with Gasteiger partial charge in [0, 0.05) is 6.54 Å². The number of alkyl halides is 3. The second kappa shape index (κ2) is 7.76. The number of anilines is 1. The Bertz CT molecular complexity index is 904. The summed E-state index contributed by atoms with van der Waals surface area (Å²) in [5.74, 6) is 0. The van der Waals surface area contributed by atoms with Gasteiger partial charge >= 0.3 is 6.18 Å². The number of hydrogen-bond donors (Lipinski definition) is 0. The van der Waals surface area contributed by atoms with Gasteiger partial charge < -0.3 is 0 Å². The molecular formula is C20H20F3NO2S. The molecule has 0 saturated carbocycles. The summed E-state index contributed by atoms with van der Waals surface area (Å²) in [5, 5.41) is 0. The van der Waals surface area contributed by atoms with Gasteiger partial charge in [0.2, 0.25) is 0 Å². The minimum Gasteiger partial charge on any atom is -0.266 e. The molecule has 0 bridgehead atoms. The lowest BCUT2D eigenvalue weighted by Gasteiger charge is -2.25. The van der Waals surface area contributed by atoms with E-state index in [2.05, 4.69) is 6.08 Å². The van der Waals surface area contributed by atoms with Gasteiger partial charge in [-0.3, -0.25) is 4.31 Å². The van der Waals surface area contributed by atoms with Crippen LogP contribution >= 0.6 is 0 Å². The summed E-state index contributed by atoms with van der Waals surface area (Å²) >= 11 is 0. The smallest absolute Gasteiger partial charge is 0.266 e. The van der Waals surface area contributed by atoms with Crippen molar-refractivity contribution in [1.29, 1.82) is 0 Å². The Balaban J connectivity index is 1.91. The topological polar surface area (TPSA) is 37.4 Å². The molecule has 0 fully saturated rings. The largest absolute Gasteiger partial charge is 0.416 e. The monoisotopic (exact) mass is 395 g/mol. The molecule has 0 atom stereocenters. The lowest BCUT2D eigenvalue weighted by Crippen LogP contribution is -2.32. The summed E-state index contributed by atoms with van der Waals surface area (Å²) in [7, 11) is -3.97. The highest BCUT2D eigenvalue weighted by Crippen LogP contribution is 2.31. The van der Waals surface area contributed by atoms with Crippen LogP contribution in [-0.2, 0) is 16.2 Å². The van der Waals surface area contributed by atoms with E-state index >= 15 is 0 Å². The molecule has 0 N–H and O–H groups in total. The fourth-order valence-electron chi connectivity index (χ4n) is 3.14. The van der Waals surface area contributed by atoms with Gasteiger partial charge in [0.25, 0.3) is 10.0 Å². The van der Waals surface area contributed by atoms with E-state index in [-0.39, 0.29) is 11.4 Å². The normalized spacial score (nSPS) is 14.9. The average molecular weight is 395 g/mol. The summed E-state index contributed by atoms with van der Waals surface area (Å²) in [6.07, 6.45) is 1.28. The summed E-state index contributed by atoms with van der Waals surface area (Å²) in [5.41, 5.74) is 0.846. The number of nitrogens with zero attached hydrogens (tertiary/aromatic N) is 1. The summed E-state index contributed by atoms with van der Waals surface area (Å²) < 4.78 is 65.8. The van der Waals surface area contributed by atoms with Crippen LogP contribution in [0, 0.1) is 0 Å². The lowest BCUT2D eigenvalue weighted by molar-refractivity contribution is -0.137. The summed E-state index contributed by atoms with van der Waals surface area (Å²) in [6, 6.07) is 12.3. The molecule has 144 valence electrons. The zero-order valence-corrected chi connectivity index (χ0v) is 15.4. The molecule has 0 amide bonds. The molecule has 0 radical (unpaired) electrons. The summed E-state index contributed by atoms with van der Waals surface area (Å²) in [6.45, 7) is 0.249. The number of benzene rings is 2. The number of hydrogen-bond acceptors (Lipinski definition) is 2. The van der Waals surface area contributed by atoms with Gasteiger partial charge in [0.05, 0.1) is 16.1 Å². The van der Waals surface area contributed by atoms with Gasteiger partial charge in [0.15, 0.2) is 0 Å². The molecule has 0 saturated heterocycles. The highest BCUT2D eigenvalue weighted by atomic mass is 32.2. The molecule has 3 nitrogen and oxygen atoms in total. The second-order valence-electron chi connectivity index (χ2n) is 6.44. The van der Waals surface area contributed by atoms with Gasteiger partial charge in [0.1, 0.15) is 0 Å². The highest BCUT2D eigenvalue weighted by molar-refractivity contribution is 7.92. The van der Waals surface area contributed by atoms with Crippen LogP contribution in [0.2, 0.25) is 0 Å². The van der Waals surface area contributed by atoms with Crippen molar-refractivity contribution >= 4 is 15.7 Å². The van der Waals surface area contributed by atoms with Crippen molar-refractivity contribution in [3.05, 3.63) is 71.8 Å². The summed E-state index contributed by atoms with van der Waals surface area (Å²) in [4.78, 5) is -0.153. The molecular weight excluding hydrogens is 375 g/mol. The van der Waals surface area contributed by atoms with Crippen molar-refractivity contribution in [3.63, 3.8) is 0 Å². The van der Waals surface area contributed by atoms with Crippen LogP contribution in [0.15, 0.2) is 71.1 Å². The van der Waals surface area contributed by atoms with Gasteiger partial charge in [-0.25, -0.2) is 8.42 Å². The molecule has 1 aliphatic rings. The molecule has 0 aliphatic heterocycles. The molecule has 2 aromatic rings. The minimum atomic E-state index is -4.50. The van der Waals surface area contributed by atoms with E-state index in [4.69, 9.17) is 0 Å². The van der Waals surface area contributed by atoms with Crippen molar-refractivity contribution < 1.29 is 21.6 Å². The van der Waals surface area contributed by atoms with E-state index in [0.29, 0.717) is 12.1 Å². The van der Waals surface area contributed by atoms with Gasteiger partial charge in [-0.2, -0.15) is 13.2 Å². The third-order valence-corrected chi connectivity index (χ3v) is 6.43. The minimum absolute atomic E-state index is 0.153. The second-order valence-corrected chi connectivity index (χ2v) is 8.30. The predicted octanol–water partition coefficient (Wildman–Crippen LogP) is 5.40. The van der Waals surface area contributed by atoms with E-state index in [1.807, 2.05) is 0 Å². The van der Waals surface area contributed by atoms with Crippen molar-refractivity contribution in [3.8, 4) is 0 Å². The quantitative estimate of drug-likeness (QED) is 0.614. The van der Waals surface area contributed by atoms with Crippen molar-refractivity contribution in [2.45, 2.75) is 36.8 Å². The van der Waals surface area contributed by atoms with Crippen molar-refractivity contribution in [2.24, 2.45) is 0 Å². The van der Waals surface area contributed by atoms with Crippen LogP contribution in [0.3, 0.4) is 0 Å². The molecule has 7 heteroatoms. The molecule has 2 aromatic carbocycles. The van der Waals surface area contributed by atoms with Crippen LogP contribution < -0.4 is 4.31 Å². The molecule has 0 aromatic heterocycles. The zero-order valence-electron chi connectivity index (χ0n) is 14.6. The molecule has 1 aliphatic carbocycles. The fraction of sp³-hybridized carbons (Fsp3) is 0.300. The first-order valence-electron chi connectivity index (χ1n) is 8.71. The molecule has 0 heterocycles. The zero-order chi connectivity index (χ0) is 19.5. The molecule has 0 spiro atoms. The number of halogens is 3. The van der Waals surface area contributed by atoms with Crippen molar-refractivity contribution in [1.82, 2.24) is 0 Å². The molecule has 27 heavy (non-hydrogen) atoms. The van der Waals surface area contributed by atoms with Crippen molar-refractivity contribution in [2.75, 3.05) is 10.8 Å². The van der Waals surface area contributed by atoms with E-state index in [1.165, 1.54) is 9.88 Å².